The van der Waals surface area contributed by atoms with Crippen molar-refractivity contribution in [2.45, 2.75) is 10.8 Å². The Morgan fingerprint density at radius 3 is 2.44 bits per heavy atom. The first-order valence-electron chi connectivity index (χ1n) is 7.73. The summed E-state index contributed by atoms with van der Waals surface area (Å²) in [6, 6.07) is 9.25. The molecule has 0 amide bonds. The lowest BCUT2D eigenvalue weighted by Gasteiger charge is -2.22. The normalized spacial score (nSPS) is 11.8. The highest BCUT2D eigenvalue weighted by Crippen LogP contribution is 2.25. The second-order valence-corrected chi connectivity index (χ2v) is 9.12. The number of hydrogen-bond donors (Lipinski definition) is 2. The fourth-order valence-corrected chi connectivity index (χ4v) is 4.76. The van der Waals surface area contributed by atoms with Crippen LogP contribution >= 0.6 is 46.9 Å². The molecule has 2 N–H and O–H groups in total. The molecule has 1 heterocycles. The predicted molar refractivity (Wildman–Crippen MR) is 119 cm³/mol. The highest BCUT2D eigenvalue weighted by atomic mass is 127. The molecule has 2 rings (SSSR count). The number of nitrogens with one attached hydrogen (secondary N) is 2. The summed E-state index contributed by atoms with van der Waals surface area (Å²) in [5, 5.41) is 3.08. The monoisotopic (exact) mass is 546 g/mol. The van der Waals surface area contributed by atoms with Crippen LogP contribution in [0.1, 0.15) is 5.56 Å². The predicted octanol–water partition coefficient (Wildman–Crippen LogP) is 3.14. The van der Waals surface area contributed by atoms with Crippen LogP contribution in [-0.2, 0) is 16.6 Å². The zero-order chi connectivity index (χ0) is 19.2. The number of guanidine groups is 1. The van der Waals surface area contributed by atoms with Gasteiger partial charge in [0.1, 0.15) is 10.0 Å². The van der Waals surface area contributed by atoms with Crippen LogP contribution in [0.3, 0.4) is 0 Å². The molecule has 6 nitrogen and oxygen atoms in total. The van der Waals surface area contributed by atoms with Crippen molar-refractivity contribution in [3.63, 3.8) is 0 Å². The minimum Gasteiger partial charge on any atom is -0.355 e. The first-order chi connectivity index (χ1) is 12.3. The van der Waals surface area contributed by atoms with Crippen LogP contribution in [0.15, 0.2) is 45.6 Å². The Labute approximate surface area is 184 Å². The van der Waals surface area contributed by atoms with Crippen LogP contribution in [0.4, 0.5) is 4.39 Å². The van der Waals surface area contributed by atoms with Crippen molar-refractivity contribution < 1.29 is 12.8 Å². The van der Waals surface area contributed by atoms with Gasteiger partial charge in [0.2, 0.25) is 10.0 Å². The van der Waals surface area contributed by atoms with Crippen molar-refractivity contribution in [2.75, 3.05) is 27.2 Å². The number of hydrogen-bond acceptors (Lipinski definition) is 4. The summed E-state index contributed by atoms with van der Waals surface area (Å²) in [6.45, 7) is 1.10. The van der Waals surface area contributed by atoms with E-state index in [-0.39, 0.29) is 40.5 Å². The van der Waals surface area contributed by atoms with Crippen LogP contribution in [0, 0.1) is 5.82 Å². The third kappa shape index (κ3) is 7.53. The fraction of sp³-hybridized carbons (Fsp3) is 0.312. The van der Waals surface area contributed by atoms with Gasteiger partial charge >= 0.3 is 0 Å². The van der Waals surface area contributed by atoms with Gasteiger partial charge in [-0.25, -0.2) is 17.5 Å². The van der Waals surface area contributed by atoms with Gasteiger partial charge in [0, 0.05) is 33.7 Å². The van der Waals surface area contributed by atoms with E-state index < -0.39 is 10.0 Å². The number of rotatable bonds is 7. The average molecular weight is 547 g/mol. The van der Waals surface area contributed by atoms with Crippen molar-refractivity contribution in [1.82, 2.24) is 14.9 Å². The number of halogens is 3. The number of nitrogens with zero attached hydrogens (tertiary/aromatic N) is 2. The molecule has 27 heavy (non-hydrogen) atoms. The summed E-state index contributed by atoms with van der Waals surface area (Å²) in [7, 11) is -0.0780. The van der Waals surface area contributed by atoms with Gasteiger partial charge in [-0.05, 0) is 29.8 Å². The van der Waals surface area contributed by atoms with Gasteiger partial charge in [-0.3, -0.25) is 4.99 Å². The molecule has 0 aliphatic heterocycles. The molecule has 0 fully saturated rings. The van der Waals surface area contributed by atoms with E-state index >= 15 is 0 Å². The molecule has 0 radical (unpaired) electrons. The van der Waals surface area contributed by atoms with Crippen LogP contribution in [0.25, 0.3) is 0 Å². The molecular formula is C16H21ClFIN4O2S2. The van der Waals surface area contributed by atoms with Crippen LogP contribution < -0.4 is 10.0 Å². The van der Waals surface area contributed by atoms with Gasteiger partial charge in [-0.2, -0.15) is 0 Å². The Balaban J connectivity index is 0.00000364. The van der Waals surface area contributed by atoms with E-state index in [2.05, 4.69) is 15.0 Å². The van der Waals surface area contributed by atoms with E-state index in [9.17, 15) is 12.8 Å². The molecule has 0 saturated carbocycles. The summed E-state index contributed by atoms with van der Waals surface area (Å²) < 4.78 is 40.3. The van der Waals surface area contributed by atoms with Gasteiger partial charge in [-0.1, -0.05) is 23.7 Å². The number of benzene rings is 1. The quantitative estimate of drug-likeness (QED) is 0.242. The second-order valence-electron chi connectivity index (χ2n) is 5.41. The van der Waals surface area contributed by atoms with Gasteiger partial charge < -0.3 is 10.2 Å². The topological polar surface area (TPSA) is 73.8 Å². The highest BCUT2D eigenvalue weighted by molar-refractivity contribution is 14.0. The van der Waals surface area contributed by atoms with E-state index in [0.717, 1.165) is 16.9 Å². The molecule has 0 bridgehead atoms. The summed E-state index contributed by atoms with van der Waals surface area (Å²) in [5.41, 5.74) is 0.937. The first kappa shape index (κ1) is 24.1. The van der Waals surface area contributed by atoms with Gasteiger partial charge in [0.25, 0.3) is 0 Å². The molecule has 1 aromatic carbocycles. The Bertz CT molecular complexity index is 860. The molecule has 2 aromatic rings. The lowest BCUT2D eigenvalue weighted by molar-refractivity contribution is 0.476. The highest BCUT2D eigenvalue weighted by Gasteiger charge is 2.16. The lowest BCUT2D eigenvalue weighted by atomic mass is 10.2. The maximum Gasteiger partial charge on any atom is 0.250 e. The molecule has 0 aliphatic rings. The Hall–Kier alpha value is -0.950. The SMILES string of the molecule is CN=C(NCCNS(=O)(=O)c1ccc(Cl)s1)N(C)Cc1ccc(F)cc1.I. The average Bonchev–Trinajstić information content (AvgIpc) is 3.04. The van der Waals surface area contributed by atoms with Crippen LogP contribution in [0.2, 0.25) is 4.34 Å². The van der Waals surface area contributed by atoms with Crippen molar-refractivity contribution in [3.8, 4) is 0 Å². The summed E-state index contributed by atoms with van der Waals surface area (Å²) >= 11 is 6.78. The van der Waals surface area contributed by atoms with Crippen molar-refractivity contribution in [3.05, 3.63) is 52.1 Å². The number of thiophene rings is 1. The fourth-order valence-electron chi connectivity index (χ4n) is 2.20. The largest absolute Gasteiger partial charge is 0.355 e. The third-order valence-corrected chi connectivity index (χ3v) is 6.60. The zero-order valence-electron chi connectivity index (χ0n) is 14.8. The molecule has 11 heteroatoms. The standard InChI is InChI=1S/C16H20ClFN4O2S2.HI/c1-19-16(22(2)11-12-3-5-13(18)6-4-12)20-9-10-21-26(23,24)15-8-7-14(17)25-15;/h3-8,21H,9-11H2,1-2H3,(H,19,20);1H. The minimum absolute atomic E-state index is 0. The Kier molecular flexibility index (Phi) is 9.95. The molecule has 0 aliphatic carbocycles. The maximum atomic E-state index is 13.0. The zero-order valence-corrected chi connectivity index (χ0v) is 19.5. The molecule has 0 unspecified atom stereocenters. The Morgan fingerprint density at radius 1 is 1.22 bits per heavy atom. The summed E-state index contributed by atoms with van der Waals surface area (Å²) in [4.78, 5) is 6.02. The minimum atomic E-state index is -3.56. The molecule has 0 saturated heterocycles. The van der Waals surface area contributed by atoms with Gasteiger partial charge in [-0.15, -0.1) is 35.3 Å². The van der Waals surface area contributed by atoms with E-state index in [0.29, 0.717) is 23.4 Å². The van der Waals surface area contributed by atoms with E-state index in [4.69, 9.17) is 11.6 Å². The van der Waals surface area contributed by atoms with Gasteiger partial charge in [0.15, 0.2) is 5.96 Å². The van der Waals surface area contributed by atoms with Gasteiger partial charge in [0.05, 0.1) is 4.34 Å². The molecule has 0 atom stereocenters. The van der Waals surface area contributed by atoms with E-state index in [1.807, 2.05) is 11.9 Å². The summed E-state index contributed by atoms with van der Waals surface area (Å²) in [5.74, 6) is 0.325. The maximum absolute atomic E-state index is 13.0. The van der Waals surface area contributed by atoms with Crippen molar-refractivity contribution in [1.29, 1.82) is 0 Å². The van der Waals surface area contributed by atoms with Crippen LogP contribution in [-0.4, -0.2) is 46.5 Å². The van der Waals surface area contributed by atoms with E-state index in [1.165, 1.54) is 18.2 Å². The van der Waals surface area contributed by atoms with Crippen molar-refractivity contribution >= 4 is 62.9 Å². The Morgan fingerprint density at radius 2 is 1.89 bits per heavy atom. The van der Waals surface area contributed by atoms with E-state index in [1.54, 1.807) is 25.2 Å². The third-order valence-electron chi connectivity index (χ3n) is 3.42. The van der Waals surface area contributed by atoms with Crippen LogP contribution in [0.5, 0.6) is 0 Å². The molecule has 150 valence electrons. The lowest BCUT2D eigenvalue weighted by Crippen LogP contribution is -2.42. The molecule has 1 aromatic heterocycles. The number of aliphatic imine (C=N–C) groups is 1. The molecule has 0 spiro atoms. The number of sulfonamides is 1. The molecular weight excluding hydrogens is 526 g/mol. The van der Waals surface area contributed by atoms with Crippen molar-refractivity contribution in [2.24, 2.45) is 4.99 Å². The smallest absolute Gasteiger partial charge is 0.250 e. The first-order valence-corrected chi connectivity index (χ1v) is 10.4. The second kappa shape index (κ2) is 11.1. The summed E-state index contributed by atoms with van der Waals surface area (Å²) in [6.07, 6.45) is 0.